The van der Waals surface area contributed by atoms with Gasteiger partial charge in [-0.3, -0.25) is 0 Å². The van der Waals surface area contributed by atoms with Crippen molar-refractivity contribution in [1.29, 1.82) is 0 Å². The van der Waals surface area contributed by atoms with E-state index in [1.54, 1.807) is 0 Å². The Kier molecular flexibility index (Phi) is 13.0. The topological polar surface area (TPSA) is 6.48 Å². The van der Waals surface area contributed by atoms with Crippen LogP contribution in [0.2, 0.25) is 0 Å². The van der Waals surface area contributed by atoms with Gasteiger partial charge in [-0.15, -0.1) is 0 Å². The number of hydrogen-bond donors (Lipinski definition) is 0. The number of benzene rings is 12. The fourth-order valence-corrected chi connectivity index (χ4v) is 11.2. The van der Waals surface area contributed by atoms with Crippen LogP contribution in [0.15, 0.2) is 261 Å². The van der Waals surface area contributed by atoms with Gasteiger partial charge in [0.2, 0.25) is 0 Å². The summed E-state index contributed by atoms with van der Waals surface area (Å²) in [5, 5.41) is 12.4. The summed E-state index contributed by atoms with van der Waals surface area (Å²) in [7, 11) is 0. The van der Waals surface area contributed by atoms with Gasteiger partial charge in [0, 0.05) is 34.1 Å². The summed E-state index contributed by atoms with van der Waals surface area (Å²) in [6, 6.07) is 90.3. The van der Waals surface area contributed by atoms with Gasteiger partial charge in [-0.05, 0) is 203 Å². The average Bonchev–Trinajstić information content (AvgIpc) is 3.48. The smallest absolute Gasteiger partial charge is 0.0467 e. The molecule has 12 rings (SSSR count). The van der Waals surface area contributed by atoms with Gasteiger partial charge in [-0.2, -0.15) is 0 Å². The fourth-order valence-electron chi connectivity index (χ4n) is 11.2. The SMILES string of the molecule is C=c1c(C)c(C=CCC)c2ccccc2c1=CC(=CC)c1cccc(N(c2ccccc2)c2ccc(-c3ccc(N(c4ccccc4)c4cccc(-c5ccc6c7ccccc7c7ccccc7c6c5)c4)cc3)cc2)c1. The summed E-state index contributed by atoms with van der Waals surface area (Å²) in [6.07, 6.45) is 10.0. The fraction of sp³-hybridized carbons (Fsp3) is 0.0541. The summed E-state index contributed by atoms with van der Waals surface area (Å²) in [5.41, 5.74) is 15.9. The van der Waals surface area contributed by atoms with E-state index in [4.69, 9.17) is 0 Å². The van der Waals surface area contributed by atoms with Crippen molar-refractivity contribution < 1.29 is 0 Å². The first kappa shape index (κ1) is 47.5. The number of anilines is 6. The molecule has 364 valence electrons. The van der Waals surface area contributed by atoms with Crippen LogP contribution in [0.1, 0.15) is 37.0 Å². The molecule has 12 aromatic carbocycles. The van der Waals surface area contributed by atoms with Crippen molar-refractivity contribution in [3.05, 3.63) is 288 Å². The van der Waals surface area contributed by atoms with E-state index < -0.39 is 0 Å². The summed E-state index contributed by atoms with van der Waals surface area (Å²) in [5.74, 6) is 0. The lowest BCUT2D eigenvalue weighted by Gasteiger charge is -2.27. The molecule has 2 heteroatoms. The third-order valence-electron chi connectivity index (χ3n) is 15.1. The Hall–Kier alpha value is -9.50. The zero-order valence-electron chi connectivity index (χ0n) is 43.3. The molecule has 76 heavy (non-hydrogen) atoms. The van der Waals surface area contributed by atoms with Crippen molar-refractivity contribution in [3.8, 4) is 22.3 Å². The Morgan fingerprint density at radius 2 is 0.829 bits per heavy atom. The Labute approximate surface area is 446 Å². The third-order valence-corrected chi connectivity index (χ3v) is 15.1. The van der Waals surface area contributed by atoms with Gasteiger partial charge in [0.1, 0.15) is 0 Å². The quantitative estimate of drug-likeness (QED) is 0.113. The lowest BCUT2D eigenvalue weighted by Crippen LogP contribution is -2.28. The maximum absolute atomic E-state index is 4.64. The van der Waals surface area contributed by atoms with E-state index in [1.165, 1.54) is 65.3 Å². The Balaban J connectivity index is 0.861. The van der Waals surface area contributed by atoms with Crippen LogP contribution in [-0.2, 0) is 0 Å². The molecular formula is C74H58N2. The van der Waals surface area contributed by atoms with Crippen LogP contribution in [0.3, 0.4) is 0 Å². The van der Waals surface area contributed by atoms with Crippen molar-refractivity contribution >= 4 is 102 Å². The van der Waals surface area contributed by atoms with Gasteiger partial charge in [-0.25, -0.2) is 0 Å². The lowest BCUT2D eigenvalue weighted by molar-refractivity contribution is 1.23. The minimum atomic E-state index is 0.988. The van der Waals surface area contributed by atoms with Crippen molar-refractivity contribution in [3.63, 3.8) is 0 Å². The molecule has 0 aliphatic rings. The first-order chi connectivity index (χ1) is 37.4. The van der Waals surface area contributed by atoms with E-state index >= 15 is 0 Å². The molecule has 0 aliphatic carbocycles. The van der Waals surface area contributed by atoms with Crippen molar-refractivity contribution in [2.45, 2.75) is 27.2 Å². The molecule has 0 atom stereocenters. The van der Waals surface area contributed by atoms with Crippen LogP contribution in [0.5, 0.6) is 0 Å². The number of allylic oxidation sites excluding steroid dienone is 3. The number of hydrogen-bond acceptors (Lipinski definition) is 2. The van der Waals surface area contributed by atoms with Crippen LogP contribution < -0.4 is 20.2 Å². The molecule has 0 aliphatic heterocycles. The molecule has 0 unspecified atom stereocenters. The van der Waals surface area contributed by atoms with Gasteiger partial charge < -0.3 is 9.80 Å². The molecule has 0 N–H and O–H groups in total. The second-order valence-corrected chi connectivity index (χ2v) is 19.6. The summed E-state index contributed by atoms with van der Waals surface area (Å²) in [6.45, 7) is 11.1. The predicted octanol–water partition coefficient (Wildman–Crippen LogP) is 19.6. The van der Waals surface area contributed by atoms with E-state index in [0.717, 1.165) is 73.2 Å². The molecule has 0 spiro atoms. The minimum Gasteiger partial charge on any atom is -0.310 e. The van der Waals surface area contributed by atoms with Crippen LogP contribution in [0.25, 0.3) is 89.6 Å². The van der Waals surface area contributed by atoms with Gasteiger partial charge in [0.25, 0.3) is 0 Å². The maximum Gasteiger partial charge on any atom is 0.0467 e. The average molecular weight is 975 g/mol. The van der Waals surface area contributed by atoms with Crippen LogP contribution in [-0.4, -0.2) is 0 Å². The molecule has 12 aromatic rings. The standard InChI is InChI=1S/C74H58N2/c1-5-7-30-65-51(3)52(4)73(70-35-18-14-31-66(65)70)49-53(6-2)56-22-20-28-63(47-56)75(59-24-10-8-11-25-59)61-42-37-54(38-43-61)55-39-44-62(45-40-55)76(60-26-12-9-13-27-60)64-29-21-23-57(48-64)58-41-46-72-69-34-16-15-32-67(69)68-33-17-19-36-71(68)74(72)50-58/h6-50H,4-5H2,1-3H3. The maximum atomic E-state index is 4.64. The second-order valence-electron chi connectivity index (χ2n) is 19.6. The number of para-hydroxylation sites is 2. The molecule has 0 saturated carbocycles. The summed E-state index contributed by atoms with van der Waals surface area (Å²) >= 11 is 0. The highest BCUT2D eigenvalue weighted by Gasteiger charge is 2.18. The van der Waals surface area contributed by atoms with Gasteiger partial charge >= 0.3 is 0 Å². The molecule has 0 heterocycles. The number of nitrogens with zero attached hydrogens (tertiary/aromatic N) is 2. The molecular weight excluding hydrogens is 917 g/mol. The highest BCUT2D eigenvalue weighted by molar-refractivity contribution is 6.25. The lowest BCUT2D eigenvalue weighted by atomic mass is 9.92. The highest BCUT2D eigenvalue weighted by Crippen LogP contribution is 2.42. The first-order valence-corrected chi connectivity index (χ1v) is 26.5. The number of fused-ring (bicyclic) bond motifs is 7. The van der Waals surface area contributed by atoms with Crippen LogP contribution in [0, 0.1) is 6.92 Å². The summed E-state index contributed by atoms with van der Waals surface area (Å²) in [4.78, 5) is 4.70. The summed E-state index contributed by atoms with van der Waals surface area (Å²) < 4.78 is 0. The molecule has 0 fully saturated rings. The van der Waals surface area contributed by atoms with E-state index in [2.05, 4.69) is 310 Å². The highest BCUT2D eigenvalue weighted by atomic mass is 15.1. The normalized spacial score (nSPS) is 12.1. The van der Waals surface area contributed by atoms with Gasteiger partial charge in [-0.1, -0.05) is 202 Å². The molecule has 2 nitrogen and oxygen atoms in total. The third kappa shape index (κ3) is 8.95. The van der Waals surface area contributed by atoms with E-state index in [9.17, 15) is 0 Å². The van der Waals surface area contributed by atoms with E-state index in [-0.39, 0.29) is 0 Å². The molecule has 0 aromatic heterocycles. The second kappa shape index (κ2) is 20.8. The minimum absolute atomic E-state index is 0.988. The first-order valence-electron chi connectivity index (χ1n) is 26.5. The molecule has 0 radical (unpaired) electrons. The van der Waals surface area contributed by atoms with Gasteiger partial charge in [0.05, 0.1) is 0 Å². The van der Waals surface area contributed by atoms with Crippen molar-refractivity contribution in [1.82, 2.24) is 0 Å². The van der Waals surface area contributed by atoms with Crippen LogP contribution >= 0.6 is 0 Å². The Morgan fingerprint density at radius 1 is 0.395 bits per heavy atom. The predicted molar refractivity (Wildman–Crippen MR) is 330 cm³/mol. The van der Waals surface area contributed by atoms with Crippen molar-refractivity contribution in [2.24, 2.45) is 0 Å². The van der Waals surface area contributed by atoms with Crippen LogP contribution in [0.4, 0.5) is 34.1 Å². The zero-order chi connectivity index (χ0) is 51.5. The monoisotopic (exact) mass is 974 g/mol. The zero-order valence-corrected chi connectivity index (χ0v) is 43.3. The Morgan fingerprint density at radius 3 is 1.38 bits per heavy atom. The molecule has 0 saturated heterocycles. The van der Waals surface area contributed by atoms with E-state index in [0.29, 0.717) is 0 Å². The van der Waals surface area contributed by atoms with E-state index in [1.807, 2.05) is 0 Å². The van der Waals surface area contributed by atoms with Crippen molar-refractivity contribution in [2.75, 3.05) is 9.80 Å². The number of rotatable bonds is 12. The molecule has 0 bridgehead atoms. The molecule has 0 amide bonds. The largest absolute Gasteiger partial charge is 0.310 e. The Bertz CT molecular complexity index is 4250. The van der Waals surface area contributed by atoms with Gasteiger partial charge in [0.15, 0.2) is 0 Å².